The molecule has 0 unspecified atom stereocenters. The van der Waals surface area contributed by atoms with Crippen LogP contribution in [-0.4, -0.2) is 11.6 Å². The Morgan fingerprint density at radius 3 is 2.88 bits per heavy atom. The highest BCUT2D eigenvalue weighted by atomic mass is 35.5. The summed E-state index contributed by atoms with van der Waals surface area (Å²) in [4.78, 5) is 0.515. The number of ether oxygens (including phenoxy) is 1. The lowest BCUT2D eigenvalue weighted by Crippen LogP contribution is -2.09. The first-order chi connectivity index (χ1) is 7.63. The van der Waals surface area contributed by atoms with Crippen LogP contribution >= 0.6 is 23.8 Å². The van der Waals surface area contributed by atoms with Gasteiger partial charge in [-0.15, -0.1) is 0 Å². The van der Waals surface area contributed by atoms with E-state index in [-0.39, 0.29) is 0 Å². The van der Waals surface area contributed by atoms with Gasteiger partial charge in [-0.3, -0.25) is 0 Å². The Labute approximate surface area is 107 Å². The van der Waals surface area contributed by atoms with Gasteiger partial charge in [-0.1, -0.05) is 30.7 Å². The molecule has 0 fully saturated rings. The molecule has 0 saturated carbocycles. The SMILES string of the molecule is CCCOc1ccc(Cl)cc1CCC(N)=S. The second-order valence-electron chi connectivity index (χ2n) is 3.57. The molecule has 1 aromatic rings. The number of aryl methyl sites for hydroxylation is 1. The van der Waals surface area contributed by atoms with Crippen molar-refractivity contribution in [3.05, 3.63) is 28.8 Å². The number of thiocarbonyl (C=S) groups is 1. The standard InChI is InChI=1S/C12H16ClNOS/c1-2-7-15-11-5-4-10(13)8-9(11)3-6-12(14)16/h4-5,8H,2-3,6-7H2,1H3,(H2,14,16). The van der Waals surface area contributed by atoms with Crippen LogP contribution in [0, 0.1) is 0 Å². The predicted octanol–water partition coefficient (Wildman–Crippen LogP) is 3.35. The van der Waals surface area contributed by atoms with Crippen molar-refractivity contribution in [1.82, 2.24) is 0 Å². The Bertz CT molecular complexity index is 368. The van der Waals surface area contributed by atoms with Crippen LogP contribution in [0.2, 0.25) is 5.02 Å². The van der Waals surface area contributed by atoms with Crippen molar-refractivity contribution >= 4 is 28.8 Å². The largest absolute Gasteiger partial charge is 0.493 e. The Hall–Kier alpha value is -0.800. The van der Waals surface area contributed by atoms with Crippen molar-refractivity contribution in [2.75, 3.05) is 6.61 Å². The van der Waals surface area contributed by atoms with E-state index in [1.54, 1.807) is 0 Å². The van der Waals surface area contributed by atoms with Gasteiger partial charge in [0.15, 0.2) is 0 Å². The topological polar surface area (TPSA) is 35.2 Å². The van der Waals surface area contributed by atoms with Gasteiger partial charge in [0.05, 0.1) is 11.6 Å². The van der Waals surface area contributed by atoms with Crippen LogP contribution in [0.5, 0.6) is 5.75 Å². The third kappa shape index (κ3) is 4.37. The van der Waals surface area contributed by atoms with E-state index in [4.69, 9.17) is 34.3 Å². The van der Waals surface area contributed by atoms with Crippen LogP contribution in [0.4, 0.5) is 0 Å². The maximum atomic E-state index is 5.95. The zero-order valence-electron chi connectivity index (χ0n) is 9.33. The number of halogens is 1. The van der Waals surface area contributed by atoms with E-state index in [9.17, 15) is 0 Å². The molecule has 2 nitrogen and oxygen atoms in total. The molecule has 88 valence electrons. The molecular formula is C12H16ClNOS. The lowest BCUT2D eigenvalue weighted by molar-refractivity contribution is 0.314. The summed E-state index contributed by atoms with van der Waals surface area (Å²) in [5.74, 6) is 0.877. The number of rotatable bonds is 6. The third-order valence-corrected chi connectivity index (χ3v) is 2.56. The fourth-order valence-electron chi connectivity index (χ4n) is 1.35. The van der Waals surface area contributed by atoms with E-state index in [2.05, 4.69) is 6.92 Å². The summed E-state index contributed by atoms with van der Waals surface area (Å²) in [7, 11) is 0. The minimum atomic E-state index is 0.515. The van der Waals surface area contributed by atoms with Crippen LogP contribution in [0.15, 0.2) is 18.2 Å². The van der Waals surface area contributed by atoms with E-state index in [0.29, 0.717) is 23.0 Å². The zero-order valence-corrected chi connectivity index (χ0v) is 10.9. The van der Waals surface area contributed by atoms with Crippen LogP contribution in [-0.2, 0) is 6.42 Å². The third-order valence-electron chi connectivity index (χ3n) is 2.12. The molecule has 0 radical (unpaired) electrons. The Kier molecular flexibility index (Phi) is 5.56. The fourth-order valence-corrected chi connectivity index (χ4v) is 1.65. The molecule has 2 N–H and O–H groups in total. The van der Waals surface area contributed by atoms with E-state index < -0.39 is 0 Å². The summed E-state index contributed by atoms with van der Waals surface area (Å²) in [5, 5.41) is 0.710. The predicted molar refractivity (Wildman–Crippen MR) is 72.3 cm³/mol. The van der Waals surface area contributed by atoms with Gasteiger partial charge in [0.2, 0.25) is 0 Å². The highest BCUT2D eigenvalue weighted by Crippen LogP contribution is 2.24. The summed E-state index contributed by atoms with van der Waals surface area (Å²) in [6.07, 6.45) is 2.43. The van der Waals surface area contributed by atoms with Gasteiger partial charge in [0.25, 0.3) is 0 Å². The van der Waals surface area contributed by atoms with Gasteiger partial charge in [-0.2, -0.15) is 0 Å². The van der Waals surface area contributed by atoms with Crippen LogP contribution in [0.1, 0.15) is 25.3 Å². The summed E-state index contributed by atoms with van der Waals surface area (Å²) in [5.41, 5.74) is 6.55. The summed E-state index contributed by atoms with van der Waals surface area (Å²) < 4.78 is 5.63. The average molecular weight is 258 g/mol. The lowest BCUT2D eigenvalue weighted by Gasteiger charge is -2.11. The molecule has 0 aromatic heterocycles. The molecule has 0 saturated heterocycles. The van der Waals surface area contributed by atoms with Gasteiger partial charge in [-0.05, 0) is 36.6 Å². The summed E-state index contributed by atoms with van der Waals surface area (Å²) in [6.45, 7) is 2.78. The smallest absolute Gasteiger partial charge is 0.122 e. The van der Waals surface area contributed by atoms with Crippen molar-refractivity contribution in [2.24, 2.45) is 5.73 Å². The fraction of sp³-hybridized carbons (Fsp3) is 0.417. The maximum absolute atomic E-state index is 5.95. The van der Waals surface area contributed by atoms with Gasteiger partial charge < -0.3 is 10.5 Å². The molecule has 0 aliphatic heterocycles. The van der Waals surface area contributed by atoms with Gasteiger partial charge >= 0.3 is 0 Å². The highest BCUT2D eigenvalue weighted by Gasteiger charge is 2.05. The molecule has 0 aliphatic rings. The maximum Gasteiger partial charge on any atom is 0.122 e. The molecule has 0 spiro atoms. The monoisotopic (exact) mass is 257 g/mol. The minimum Gasteiger partial charge on any atom is -0.493 e. The summed E-state index contributed by atoms with van der Waals surface area (Å²) >= 11 is 10.8. The van der Waals surface area contributed by atoms with Gasteiger partial charge in [0, 0.05) is 11.4 Å². The summed E-state index contributed by atoms with van der Waals surface area (Å²) in [6, 6.07) is 5.63. The molecule has 0 atom stereocenters. The van der Waals surface area contributed by atoms with E-state index in [0.717, 1.165) is 24.2 Å². The molecule has 16 heavy (non-hydrogen) atoms. The second-order valence-corrected chi connectivity index (χ2v) is 4.53. The van der Waals surface area contributed by atoms with Crippen molar-refractivity contribution < 1.29 is 4.74 Å². The molecule has 0 bridgehead atoms. The van der Waals surface area contributed by atoms with Crippen molar-refractivity contribution in [3.8, 4) is 5.75 Å². The number of benzene rings is 1. The quantitative estimate of drug-likeness (QED) is 0.794. The Balaban J connectivity index is 2.76. The zero-order chi connectivity index (χ0) is 12.0. The Morgan fingerprint density at radius 1 is 1.50 bits per heavy atom. The first-order valence-electron chi connectivity index (χ1n) is 5.33. The normalized spacial score (nSPS) is 10.1. The number of nitrogens with two attached hydrogens (primary N) is 1. The van der Waals surface area contributed by atoms with E-state index in [1.807, 2.05) is 18.2 Å². The van der Waals surface area contributed by atoms with Crippen molar-refractivity contribution in [1.29, 1.82) is 0 Å². The minimum absolute atomic E-state index is 0.515. The van der Waals surface area contributed by atoms with Crippen LogP contribution < -0.4 is 10.5 Å². The molecule has 1 aromatic carbocycles. The molecule has 0 amide bonds. The molecule has 0 aliphatic carbocycles. The van der Waals surface area contributed by atoms with Crippen LogP contribution in [0.3, 0.4) is 0 Å². The van der Waals surface area contributed by atoms with Gasteiger partial charge in [0.1, 0.15) is 5.75 Å². The number of hydrogen-bond acceptors (Lipinski definition) is 2. The lowest BCUT2D eigenvalue weighted by atomic mass is 10.1. The Morgan fingerprint density at radius 2 is 2.25 bits per heavy atom. The molecule has 0 heterocycles. The van der Waals surface area contributed by atoms with Crippen molar-refractivity contribution in [2.45, 2.75) is 26.2 Å². The highest BCUT2D eigenvalue weighted by molar-refractivity contribution is 7.80. The molecule has 1 rings (SSSR count). The van der Waals surface area contributed by atoms with Gasteiger partial charge in [-0.25, -0.2) is 0 Å². The van der Waals surface area contributed by atoms with E-state index in [1.165, 1.54) is 0 Å². The second kappa shape index (κ2) is 6.71. The molecule has 4 heteroatoms. The van der Waals surface area contributed by atoms with Crippen molar-refractivity contribution in [3.63, 3.8) is 0 Å². The van der Waals surface area contributed by atoms with Crippen LogP contribution in [0.25, 0.3) is 0 Å². The number of hydrogen-bond donors (Lipinski definition) is 1. The van der Waals surface area contributed by atoms with E-state index >= 15 is 0 Å². The first kappa shape index (κ1) is 13.3. The molecular weight excluding hydrogens is 242 g/mol. The average Bonchev–Trinajstić information content (AvgIpc) is 2.25. The first-order valence-corrected chi connectivity index (χ1v) is 6.11.